The van der Waals surface area contributed by atoms with Gasteiger partial charge in [0.2, 0.25) is 0 Å². The number of pyridine rings is 1. The minimum Gasteiger partial charge on any atom is -0.383 e. The average Bonchev–Trinajstić information content (AvgIpc) is 2.70. The van der Waals surface area contributed by atoms with Crippen LogP contribution in [0.25, 0.3) is 0 Å². The van der Waals surface area contributed by atoms with Gasteiger partial charge in [-0.05, 0) is 45.8 Å². The Balaban J connectivity index is 2.24. The highest BCUT2D eigenvalue weighted by Crippen LogP contribution is 2.33. The van der Waals surface area contributed by atoms with E-state index in [-0.39, 0.29) is 11.6 Å². The number of nitrogen functional groups attached to an aromatic ring is 1. The van der Waals surface area contributed by atoms with Crippen LogP contribution in [-0.2, 0) is 0 Å². The summed E-state index contributed by atoms with van der Waals surface area (Å²) in [6.07, 6.45) is 6.65. The largest absolute Gasteiger partial charge is 0.383 e. The van der Waals surface area contributed by atoms with Crippen LogP contribution in [0, 0.1) is 0 Å². The van der Waals surface area contributed by atoms with Gasteiger partial charge in [0, 0.05) is 17.3 Å². The van der Waals surface area contributed by atoms with E-state index in [1.807, 2.05) is 6.07 Å². The van der Waals surface area contributed by atoms with E-state index in [1.165, 1.54) is 25.7 Å². The van der Waals surface area contributed by atoms with Crippen molar-refractivity contribution in [1.29, 1.82) is 0 Å². The monoisotopic (exact) mass is 296 g/mol. The summed E-state index contributed by atoms with van der Waals surface area (Å²) in [4.78, 5) is 6.60. The van der Waals surface area contributed by atoms with E-state index >= 15 is 0 Å². The van der Waals surface area contributed by atoms with Crippen molar-refractivity contribution >= 4 is 17.4 Å². The molecule has 1 unspecified atom stereocenters. The van der Waals surface area contributed by atoms with Crippen LogP contribution < -0.4 is 11.5 Å². The second-order valence-corrected chi connectivity index (χ2v) is 6.60. The fraction of sp³-hybridized carbons (Fsp3) is 0.667. The Morgan fingerprint density at radius 1 is 1.25 bits per heavy atom. The van der Waals surface area contributed by atoms with Crippen LogP contribution in [0.1, 0.15) is 51.1 Å². The Morgan fingerprint density at radius 2 is 1.85 bits per heavy atom. The van der Waals surface area contributed by atoms with Gasteiger partial charge in [0.05, 0.1) is 11.1 Å². The zero-order valence-corrected chi connectivity index (χ0v) is 13.2. The number of anilines is 1. The van der Waals surface area contributed by atoms with Crippen LogP contribution >= 0.6 is 11.6 Å². The second-order valence-electron chi connectivity index (χ2n) is 6.16. The van der Waals surface area contributed by atoms with Crippen molar-refractivity contribution in [3.63, 3.8) is 0 Å². The maximum Gasteiger partial charge on any atom is 0.128 e. The molecule has 1 aliphatic heterocycles. The molecule has 5 heteroatoms. The standard InChI is InChI=1S/C15H25ClN4/c1-15(2,20-7-5-3-4-6-8-20)13(17)12-9-11(16)10-19-14(12)18/h9-10,13H,3-8,17H2,1-2H3,(H2,18,19). The Hall–Kier alpha value is -0.840. The zero-order valence-electron chi connectivity index (χ0n) is 12.4. The Morgan fingerprint density at radius 3 is 2.45 bits per heavy atom. The first-order valence-corrected chi connectivity index (χ1v) is 7.72. The molecule has 20 heavy (non-hydrogen) atoms. The van der Waals surface area contributed by atoms with Gasteiger partial charge in [-0.25, -0.2) is 4.98 Å². The number of likely N-dealkylation sites (tertiary alicyclic amines) is 1. The number of nitrogens with two attached hydrogens (primary N) is 2. The van der Waals surface area contributed by atoms with Gasteiger partial charge in [-0.2, -0.15) is 0 Å². The first kappa shape index (κ1) is 15.5. The van der Waals surface area contributed by atoms with E-state index in [9.17, 15) is 0 Å². The van der Waals surface area contributed by atoms with Gasteiger partial charge in [0.15, 0.2) is 0 Å². The molecule has 0 bridgehead atoms. The van der Waals surface area contributed by atoms with Gasteiger partial charge in [-0.1, -0.05) is 24.4 Å². The van der Waals surface area contributed by atoms with Crippen LogP contribution in [0.5, 0.6) is 0 Å². The molecule has 4 nitrogen and oxygen atoms in total. The summed E-state index contributed by atoms with van der Waals surface area (Å²) >= 11 is 6.04. The molecule has 2 heterocycles. The van der Waals surface area contributed by atoms with Crippen LogP contribution in [0.4, 0.5) is 5.82 Å². The molecule has 0 aromatic carbocycles. The summed E-state index contributed by atoms with van der Waals surface area (Å²) < 4.78 is 0. The molecule has 0 saturated carbocycles. The Bertz CT molecular complexity index is 453. The van der Waals surface area contributed by atoms with Crippen molar-refractivity contribution in [3.8, 4) is 0 Å². The number of hydrogen-bond donors (Lipinski definition) is 2. The Labute approximate surface area is 126 Å². The second kappa shape index (κ2) is 6.29. The van der Waals surface area contributed by atoms with E-state index in [0.717, 1.165) is 18.7 Å². The number of nitrogens with zero attached hydrogens (tertiary/aromatic N) is 2. The lowest BCUT2D eigenvalue weighted by Gasteiger charge is -2.42. The normalized spacial score (nSPS) is 19.6. The quantitative estimate of drug-likeness (QED) is 0.900. The van der Waals surface area contributed by atoms with Crippen molar-refractivity contribution in [3.05, 3.63) is 22.8 Å². The van der Waals surface area contributed by atoms with E-state index < -0.39 is 0 Å². The smallest absolute Gasteiger partial charge is 0.128 e. The zero-order chi connectivity index (χ0) is 14.8. The lowest BCUT2D eigenvalue weighted by Crippen LogP contribution is -2.51. The third-order valence-electron chi connectivity index (χ3n) is 4.43. The maximum atomic E-state index is 6.50. The first-order chi connectivity index (χ1) is 9.43. The number of hydrogen-bond acceptors (Lipinski definition) is 4. The third kappa shape index (κ3) is 3.25. The molecule has 0 aliphatic carbocycles. The minimum absolute atomic E-state index is 0.162. The van der Waals surface area contributed by atoms with Crippen LogP contribution in [0.2, 0.25) is 5.02 Å². The molecule has 1 aromatic heterocycles. The molecule has 2 rings (SSSR count). The Kier molecular flexibility index (Phi) is 4.89. The molecule has 0 radical (unpaired) electrons. The summed E-state index contributed by atoms with van der Waals surface area (Å²) in [6.45, 7) is 6.55. The molecule has 0 spiro atoms. The molecule has 1 atom stereocenters. The maximum absolute atomic E-state index is 6.50. The SMILES string of the molecule is CC(C)(C(N)c1cc(Cl)cnc1N)N1CCCCCC1. The van der Waals surface area contributed by atoms with Gasteiger partial charge in [-0.15, -0.1) is 0 Å². The van der Waals surface area contributed by atoms with Crippen LogP contribution in [0.3, 0.4) is 0 Å². The van der Waals surface area contributed by atoms with Crippen LogP contribution in [0.15, 0.2) is 12.3 Å². The van der Waals surface area contributed by atoms with E-state index in [0.29, 0.717) is 10.8 Å². The fourth-order valence-corrected chi connectivity index (χ4v) is 3.11. The fourth-order valence-electron chi connectivity index (χ4n) is 2.94. The van der Waals surface area contributed by atoms with Crippen molar-refractivity contribution < 1.29 is 0 Å². The van der Waals surface area contributed by atoms with Crippen molar-refractivity contribution in [2.24, 2.45) is 5.73 Å². The molecule has 4 N–H and O–H groups in total. The number of rotatable bonds is 3. The lowest BCUT2D eigenvalue weighted by atomic mass is 9.87. The summed E-state index contributed by atoms with van der Waals surface area (Å²) in [6, 6.07) is 1.64. The average molecular weight is 297 g/mol. The molecular formula is C15H25ClN4. The molecule has 1 fully saturated rings. The van der Waals surface area contributed by atoms with Gasteiger partial charge in [0.1, 0.15) is 5.82 Å². The number of halogens is 1. The molecule has 112 valence electrons. The van der Waals surface area contributed by atoms with Gasteiger partial charge < -0.3 is 11.5 Å². The summed E-state index contributed by atoms with van der Waals surface area (Å²) in [5.41, 5.74) is 13.2. The topological polar surface area (TPSA) is 68.2 Å². The molecular weight excluding hydrogens is 272 g/mol. The lowest BCUT2D eigenvalue weighted by molar-refractivity contribution is 0.0981. The van der Waals surface area contributed by atoms with Gasteiger partial charge >= 0.3 is 0 Å². The first-order valence-electron chi connectivity index (χ1n) is 7.34. The highest BCUT2D eigenvalue weighted by Gasteiger charge is 2.35. The minimum atomic E-state index is -0.202. The summed E-state index contributed by atoms with van der Waals surface area (Å²) in [7, 11) is 0. The highest BCUT2D eigenvalue weighted by molar-refractivity contribution is 6.30. The molecule has 1 aliphatic rings. The third-order valence-corrected chi connectivity index (χ3v) is 4.64. The van der Waals surface area contributed by atoms with Crippen molar-refractivity contribution in [1.82, 2.24) is 9.88 Å². The molecule has 0 amide bonds. The van der Waals surface area contributed by atoms with Gasteiger partial charge in [0.25, 0.3) is 0 Å². The van der Waals surface area contributed by atoms with E-state index in [2.05, 4.69) is 23.7 Å². The van der Waals surface area contributed by atoms with Gasteiger partial charge in [-0.3, -0.25) is 4.90 Å². The van der Waals surface area contributed by atoms with E-state index in [4.69, 9.17) is 23.1 Å². The van der Waals surface area contributed by atoms with Crippen LogP contribution in [-0.4, -0.2) is 28.5 Å². The van der Waals surface area contributed by atoms with Crippen molar-refractivity contribution in [2.75, 3.05) is 18.8 Å². The predicted octanol–water partition coefficient (Wildman–Crippen LogP) is 2.97. The van der Waals surface area contributed by atoms with Crippen molar-refractivity contribution in [2.45, 2.75) is 51.1 Å². The summed E-state index contributed by atoms with van der Waals surface area (Å²) in [5, 5.41) is 0.580. The predicted molar refractivity (Wildman–Crippen MR) is 84.7 cm³/mol. The molecule has 1 aromatic rings. The number of aromatic nitrogens is 1. The summed E-state index contributed by atoms with van der Waals surface area (Å²) in [5.74, 6) is 0.477. The molecule has 1 saturated heterocycles. The highest BCUT2D eigenvalue weighted by atomic mass is 35.5. The van der Waals surface area contributed by atoms with E-state index in [1.54, 1.807) is 6.20 Å².